The molecule has 2 N–H and O–H groups in total. The molecule has 0 atom stereocenters. The van der Waals surface area contributed by atoms with Crippen molar-refractivity contribution in [2.75, 3.05) is 11.9 Å². The normalized spacial score (nSPS) is 24.7. The second kappa shape index (κ2) is 3.94. The van der Waals surface area contributed by atoms with E-state index < -0.39 is 0 Å². The molecule has 0 aromatic carbocycles. The van der Waals surface area contributed by atoms with Gasteiger partial charge in [-0.3, -0.25) is 4.79 Å². The molecule has 1 aromatic rings. The second-order valence-corrected chi connectivity index (χ2v) is 5.13. The van der Waals surface area contributed by atoms with Gasteiger partial charge in [0.25, 0.3) is 0 Å². The minimum Gasteiger partial charge on any atom is -0.328 e. The summed E-state index contributed by atoms with van der Waals surface area (Å²) in [7, 11) is 1.85. The topological polar surface area (TPSA) is 46.3 Å². The second-order valence-electron chi connectivity index (χ2n) is 4.23. The summed E-state index contributed by atoms with van der Waals surface area (Å²) < 4.78 is 0. The average molecular weight is 224 g/mol. The van der Waals surface area contributed by atoms with Gasteiger partial charge in [-0.25, -0.2) is 0 Å². The largest absolute Gasteiger partial charge is 0.328 e. The smallest absolute Gasteiger partial charge is 0.230 e. The van der Waals surface area contributed by atoms with E-state index in [4.69, 9.17) is 5.73 Å². The van der Waals surface area contributed by atoms with Crippen molar-refractivity contribution < 1.29 is 4.79 Å². The molecule has 0 spiro atoms. The third kappa shape index (κ3) is 1.92. The van der Waals surface area contributed by atoms with Crippen molar-refractivity contribution in [1.29, 1.82) is 0 Å². The van der Waals surface area contributed by atoms with Gasteiger partial charge in [0.15, 0.2) is 0 Å². The number of carbonyl (C=O) groups is 1. The van der Waals surface area contributed by atoms with Crippen molar-refractivity contribution in [3.8, 4) is 0 Å². The van der Waals surface area contributed by atoms with Crippen LogP contribution in [0, 0.1) is 12.8 Å². The minimum absolute atomic E-state index is 0.145. The fraction of sp³-hybridized carbons (Fsp3) is 0.545. The number of aryl methyl sites for hydroxylation is 1. The molecule has 0 aliphatic heterocycles. The summed E-state index contributed by atoms with van der Waals surface area (Å²) in [6.07, 6.45) is 1.68. The molecule has 0 saturated heterocycles. The Morgan fingerprint density at radius 1 is 1.60 bits per heavy atom. The van der Waals surface area contributed by atoms with Crippen LogP contribution in [0.2, 0.25) is 0 Å². The Kier molecular flexibility index (Phi) is 2.80. The van der Waals surface area contributed by atoms with Crippen LogP contribution >= 0.6 is 11.3 Å². The van der Waals surface area contributed by atoms with Crippen molar-refractivity contribution in [1.82, 2.24) is 0 Å². The number of amides is 1. The van der Waals surface area contributed by atoms with Crippen LogP contribution in [-0.2, 0) is 4.79 Å². The Hall–Kier alpha value is -0.870. The molecule has 0 radical (unpaired) electrons. The summed E-state index contributed by atoms with van der Waals surface area (Å²) in [5.74, 6) is 0.355. The molecule has 0 bridgehead atoms. The van der Waals surface area contributed by atoms with E-state index in [9.17, 15) is 4.79 Å². The van der Waals surface area contributed by atoms with Crippen LogP contribution in [0.25, 0.3) is 0 Å². The van der Waals surface area contributed by atoms with Crippen molar-refractivity contribution >= 4 is 22.2 Å². The minimum atomic E-state index is 0.145. The van der Waals surface area contributed by atoms with Gasteiger partial charge in [-0.1, -0.05) is 0 Å². The average Bonchev–Trinajstić information content (AvgIpc) is 2.57. The number of thiophene rings is 1. The fourth-order valence-electron chi connectivity index (χ4n) is 1.95. The third-order valence-corrected chi connectivity index (χ3v) is 4.09. The van der Waals surface area contributed by atoms with E-state index in [1.54, 1.807) is 16.2 Å². The van der Waals surface area contributed by atoms with Crippen LogP contribution in [0.5, 0.6) is 0 Å². The van der Waals surface area contributed by atoms with Crippen LogP contribution in [0.1, 0.15) is 18.4 Å². The van der Waals surface area contributed by atoms with E-state index >= 15 is 0 Å². The summed E-state index contributed by atoms with van der Waals surface area (Å²) in [4.78, 5) is 13.8. The zero-order valence-corrected chi connectivity index (χ0v) is 9.88. The van der Waals surface area contributed by atoms with Gasteiger partial charge in [0.05, 0.1) is 0 Å². The Bertz CT molecular complexity index is 368. The number of anilines is 1. The van der Waals surface area contributed by atoms with Gasteiger partial charge in [-0.2, -0.15) is 0 Å². The molecule has 3 nitrogen and oxygen atoms in total. The van der Waals surface area contributed by atoms with E-state index in [1.165, 1.54) is 5.56 Å². The number of rotatable bonds is 2. The molecule has 4 heteroatoms. The molecule has 1 aliphatic rings. The van der Waals surface area contributed by atoms with Gasteiger partial charge < -0.3 is 10.6 Å². The van der Waals surface area contributed by atoms with Gasteiger partial charge in [0.2, 0.25) is 5.91 Å². The Morgan fingerprint density at radius 2 is 2.27 bits per heavy atom. The van der Waals surface area contributed by atoms with Gasteiger partial charge in [0.1, 0.15) is 5.00 Å². The third-order valence-electron chi connectivity index (χ3n) is 2.99. The maximum absolute atomic E-state index is 12.0. The molecular weight excluding hydrogens is 208 g/mol. The molecule has 1 heterocycles. The molecule has 82 valence electrons. The lowest BCUT2D eigenvalue weighted by molar-refractivity contribution is -0.124. The van der Waals surface area contributed by atoms with Crippen LogP contribution in [0.15, 0.2) is 11.4 Å². The van der Waals surface area contributed by atoms with Gasteiger partial charge in [-0.05, 0) is 36.8 Å². The van der Waals surface area contributed by atoms with Crippen LogP contribution in [0.3, 0.4) is 0 Å². The standard InChI is InChI=1S/C11H16N2OS/c1-7-3-4-15-11(7)13(2)10(14)8-5-9(12)6-8/h3-4,8-9H,5-6,12H2,1-2H3. The Morgan fingerprint density at radius 3 is 2.73 bits per heavy atom. The number of hydrogen-bond acceptors (Lipinski definition) is 3. The molecule has 1 fully saturated rings. The molecule has 0 unspecified atom stereocenters. The quantitative estimate of drug-likeness (QED) is 0.832. The molecule has 1 amide bonds. The first-order valence-electron chi connectivity index (χ1n) is 5.17. The lowest BCUT2D eigenvalue weighted by Gasteiger charge is -2.33. The highest BCUT2D eigenvalue weighted by Gasteiger charge is 2.34. The van der Waals surface area contributed by atoms with E-state index in [0.717, 1.165) is 17.8 Å². The van der Waals surface area contributed by atoms with Gasteiger partial charge in [-0.15, -0.1) is 11.3 Å². The maximum Gasteiger partial charge on any atom is 0.230 e. The van der Waals surface area contributed by atoms with E-state index in [1.807, 2.05) is 25.4 Å². The van der Waals surface area contributed by atoms with Crippen LogP contribution in [-0.4, -0.2) is 19.0 Å². The molecule has 1 aromatic heterocycles. The predicted octanol–water partition coefficient (Wildman–Crippen LogP) is 1.76. The maximum atomic E-state index is 12.0. The summed E-state index contributed by atoms with van der Waals surface area (Å²) in [6.45, 7) is 2.03. The zero-order chi connectivity index (χ0) is 11.0. The first-order valence-corrected chi connectivity index (χ1v) is 6.05. The summed E-state index contributed by atoms with van der Waals surface area (Å²) in [5.41, 5.74) is 6.85. The van der Waals surface area contributed by atoms with Crippen LogP contribution in [0.4, 0.5) is 5.00 Å². The van der Waals surface area contributed by atoms with Crippen molar-refractivity contribution in [3.05, 3.63) is 17.0 Å². The highest BCUT2D eigenvalue weighted by Crippen LogP contribution is 2.32. The van der Waals surface area contributed by atoms with Crippen molar-refractivity contribution in [3.63, 3.8) is 0 Å². The molecular formula is C11H16N2OS. The SMILES string of the molecule is Cc1ccsc1N(C)C(=O)C1CC(N)C1. The fourth-order valence-corrected chi connectivity index (χ4v) is 2.85. The lowest BCUT2D eigenvalue weighted by Crippen LogP contribution is -2.45. The molecule has 1 saturated carbocycles. The van der Waals surface area contributed by atoms with Gasteiger partial charge in [0, 0.05) is 19.0 Å². The predicted molar refractivity (Wildman–Crippen MR) is 63.2 cm³/mol. The highest BCUT2D eigenvalue weighted by atomic mass is 32.1. The first-order chi connectivity index (χ1) is 7.09. The number of hydrogen-bond donors (Lipinski definition) is 1. The first kappa shape index (κ1) is 10.6. The Labute approximate surface area is 93.9 Å². The molecule has 15 heavy (non-hydrogen) atoms. The number of nitrogens with two attached hydrogens (primary N) is 1. The monoisotopic (exact) mass is 224 g/mol. The van der Waals surface area contributed by atoms with E-state index in [2.05, 4.69) is 0 Å². The molecule has 1 aliphatic carbocycles. The van der Waals surface area contributed by atoms with Crippen LogP contribution < -0.4 is 10.6 Å². The lowest BCUT2D eigenvalue weighted by atomic mass is 9.80. The summed E-state index contributed by atoms with van der Waals surface area (Å²) in [5, 5.41) is 3.07. The van der Waals surface area contributed by atoms with E-state index in [-0.39, 0.29) is 17.9 Å². The number of carbonyl (C=O) groups excluding carboxylic acids is 1. The highest BCUT2D eigenvalue weighted by molar-refractivity contribution is 7.14. The van der Waals surface area contributed by atoms with Gasteiger partial charge >= 0.3 is 0 Å². The van der Waals surface area contributed by atoms with E-state index in [0.29, 0.717) is 0 Å². The number of nitrogens with zero attached hydrogens (tertiary/aromatic N) is 1. The Balaban J connectivity index is 2.05. The van der Waals surface area contributed by atoms with Crippen molar-refractivity contribution in [2.45, 2.75) is 25.8 Å². The molecule has 2 rings (SSSR count). The van der Waals surface area contributed by atoms with Crippen molar-refractivity contribution in [2.24, 2.45) is 11.7 Å². The summed E-state index contributed by atoms with van der Waals surface area (Å²) in [6, 6.07) is 2.27. The zero-order valence-electron chi connectivity index (χ0n) is 9.06. The summed E-state index contributed by atoms with van der Waals surface area (Å²) >= 11 is 1.61.